The second-order valence-corrected chi connectivity index (χ2v) is 6.53. The minimum absolute atomic E-state index is 0.00437. The zero-order valence-electron chi connectivity index (χ0n) is 10.9. The van der Waals surface area contributed by atoms with Gasteiger partial charge in [-0.15, -0.1) is 11.3 Å². The molecular weight excluding hydrogens is 300 g/mol. The van der Waals surface area contributed by atoms with E-state index in [1.165, 1.54) is 11.3 Å². The van der Waals surface area contributed by atoms with Gasteiger partial charge in [-0.25, -0.2) is 4.98 Å². The molecule has 0 aliphatic rings. The molecule has 5 heteroatoms. The Labute approximate surface area is 128 Å². The van der Waals surface area contributed by atoms with Gasteiger partial charge < -0.3 is 0 Å². The number of thiazole rings is 1. The molecule has 2 aromatic carbocycles. The fourth-order valence-corrected chi connectivity index (χ4v) is 3.96. The lowest BCUT2D eigenvalue weighted by molar-refractivity contribution is 1.11. The molecule has 102 valence electrons. The summed E-state index contributed by atoms with van der Waals surface area (Å²) in [5, 5.41) is 2.56. The van der Waals surface area contributed by atoms with Gasteiger partial charge in [-0.1, -0.05) is 36.0 Å². The number of fused-ring (bicyclic) bond motifs is 2. The molecule has 0 aliphatic heterocycles. The third-order valence-corrected chi connectivity index (χ3v) is 5.04. The van der Waals surface area contributed by atoms with Crippen molar-refractivity contribution in [3.05, 3.63) is 70.5 Å². The Morgan fingerprint density at radius 1 is 1.05 bits per heavy atom. The molecule has 3 nitrogen and oxygen atoms in total. The van der Waals surface area contributed by atoms with Gasteiger partial charge in [-0.05, 0) is 24.3 Å². The first-order chi connectivity index (χ1) is 10.3. The lowest BCUT2D eigenvalue weighted by Crippen LogP contribution is -2.13. The van der Waals surface area contributed by atoms with Crippen LogP contribution in [-0.4, -0.2) is 9.38 Å². The van der Waals surface area contributed by atoms with E-state index < -0.39 is 0 Å². The number of aromatic nitrogens is 2. The summed E-state index contributed by atoms with van der Waals surface area (Å²) in [6.07, 6.45) is 1.78. The highest BCUT2D eigenvalue weighted by Gasteiger charge is 2.11. The number of nitrogens with zero attached hydrogens (tertiary/aromatic N) is 2. The average Bonchev–Trinajstić information content (AvgIpc) is 2.97. The van der Waals surface area contributed by atoms with E-state index in [9.17, 15) is 4.79 Å². The largest absolute Gasteiger partial charge is 0.268 e. The van der Waals surface area contributed by atoms with Crippen LogP contribution in [0.5, 0.6) is 0 Å². The molecule has 4 aromatic rings. The van der Waals surface area contributed by atoms with Crippen molar-refractivity contribution in [2.75, 3.05) is 0 Å². The molecule has 0 atom stereocenters. The van der Waals surface area contributed by atoms with Gasteiger partial charge in [0, 0.05) is 21.4 Å². The van der Waals surface area contributed by atoms with Crippen molar-refractivity contribution < 1.29 is 0 Å². The van der Waals surface area contributed by atoms with Crippen molar-refractivity contribution in [2.45, 2.75) is 9.79 Å². The summed E-state index contributed by atoms with van der Waals surface area (Å²) in [7, 11) is 0. The minimum atomic E-state index is -0.00437. The second kappa shape index (κ2) is 5.02. The smallest absolute Gasteiger partial charge is 0.267 e. The van der Waals surface area contributed by atoms with Crippen molar-refractivity contribution in [3.8, 4) is 0 Å². The van der Waals surface area contributed by atoms with Gasteiger partial charge >= 0.3 is 0 Å². The quantitative estimate of drug-likeness (QED) is 0.560. The van der Waals surface area contributed by atoms with E-state index in [-0.39, 0.29) is 5.56 Å². The lowest BCUT2D eigenvalue weighted by atomic mass is 10.2. The first-order valence-electron chi connectivity index (χ1n) is 6.44. The van der Waals surface area contributed by atoms with E-state index in [4.69, 9.17) is 0 Å². The molecular formula is C16H10N2OS2. The lowest BCUT2D eigenvalue weighted by Gasteiger charge is -2.05. The van der Waals surface area contributed by atoms with E-state index in [1.807, 2.05) is 53.9 Å². The first-order valence-corrected chi connectivity index (χ1v) is 8.14. The Hall–Kier alpha value is -2.11. The van der Waals surface area contributed by atoms with Crippen LogP contribution in [0.15, 0.2) is 74.7 Å². The van der Waals surface area contributed by atoms with Crippen molar-refractivity contribution in [1.82, 2.24) is 9.38 Å². The Morgan fingerprint density at radius 3 is 2.76 bits per heavy atom. The highest BCUT2D eigenvalue weighted by molar-refractivity contribution is 7.99. The molecule has 0 aliphatic carbocycles. The Kier molecular flexibility index (Phi) is 3.02. The molecule has 0 radical (unpaired) electrons. The Balaban J connectivity index is 1.99. The van der Waals surface area contributed by atoms with Crippen molar-refractivity contribution >= 4 is 39.0 Å². The van der Waals surface area contributed by atoms with Crippen LogP contribution in [0.25, 0.3) is 15.9 Å². The molecule has 2 aromatic heterocycles. The normalized spacial score (nSPS) is 11.2. The second-order valence-electron chi connectivity index (χ2n) is 4.54. The van der Waals surface area contributed by atoms with E-state index >= 15 is 0 Å². The molecule has 4 rings (SSSR count). The van der Waals surface area contributed by atoms with Gasteiger partial charge in [0.15, 0.2) is 4.96 Å². The summed E-state index contributed by atoms with van der Waals surface area (Å²) in [5.41, 5.74) is 0.749. The summed E-state index contributed by atoms with van der Waals surface area (Å²) >= 11 is 3.06. The van der Waals surface area contributed by atoms with Crippen LogP contribution in [0.1, 0.15) is 0 Å². The van der Waals surface area contributed by atoms with Crippen LogP contribution in [0.3, 0.4) is 0 Å². The maximum atomic E-state index is 12.7. The molecule has 0 N–H and O–H groups in total. The van der Waals surface area contributed by atoms with E-state index in [0.29, 0.717) is 5.39 Å². The van der Waals surface area contributed by atoms with Crippen molar-refractivity contribution in [2.24, 2.45) is 0 Å². The SMILES string of the molecule is O=c1c2c(Sc3ccccc3)cccc2nc2sccn12. The maximum Gasteiger partial charge on any atom is 0.267 e. The molecule has 0 spiro atoms. The van der Waals surface area contributed by atoms with Crippen LogP contribution in [-0.2, 0) is 0 Å². The zero-order valence-corrected chi connectivity index (χ0v) is 12.5. The molecule has 2 heterocycles. The summed E-state index contributed by atoms with van der Waals surface area (Å²) in [6, 6.07) is 15.9. The number of hydrogen-bond donors (Lipinski definition) is 0. The van der Waals surface area contributed by atoms with Crippen LogP contribution in [0.4, 0.5) is 0 Å². The number of benzene rings is 2. The summed E-state index contributed by atoms with van der Waals surface area (Å²) in [6.45, 7) is 0. The van der Waals surface area contributed by atoms with Crippen molar-refractivity contribution in [1.29, 1.82) is 0 Å². The molecule has 0 fully saturated rings. The standard InChI is InChI=1S/C16H10N2OS2/c19-15-14-12(17-16-18(15)9-10-20-16)7-4-8-13(14)21-11-5-2-1-3-6-11/h1-10H. The fourth-order valence-electron chi connectivity index (χ4n) is 2.26. The van der Waals surface area contributed by atoms with E-state index in [0.717, 1.165) is 20.3 Å². The predicted octanol–water partition coefficient (Wildman–Crippen LogP) is 4.06. The first kappa shape index (κ1) is 12.6. The van der Waals surface area contributed by atoms with Crippen LogP contribution >= 0.6 is 23.1 Å². The van der Waals surface area contributed by atoms with Gasteiger partial charge in [0.05, 0.1) is 10.9 Å². The van der Waals surface area contributed by atoms with Gasteiger partial charge in [-0.3, -0.25) is 9.20 Å². The third kappa shape index (κ3) is 2.14. The topological polar surface area (TPSA) is 34.4 Å². The van der Waals surface area contributed by atoms with E-state index in [2.05, 4.69) is 4.98 Å². The molecule has 0 bridgehead atoms. The zero-order chi connectivity index (χ0) is 14.2. The summed E-state index contributed by atoms with van der Waals surface area (Å²) < 4.78 is 1.61. The monoisotopic (exact) mass is 310 g/mol. The van der Waals surface area contributed by atoms with Gasteiger partial charge in [0.1, 0.15) is 0 Å². The summed E-state index contributed by atoms with van der Waals surface area (Å²) in [5.74, 6) is 0. The molecule has 0 saturated heterocycles. The van der Waals surface area contributed by atoms with Crippen molar-refractivity contribution in [3.63, 3.8) is 0 Å². The Bertz CT molecular complexity index is 989. The number of rotatable bonds is 2. The van der Waals surface area contributed by atoms with Gasteiger partial charge in [0.2, 0.25) is 0 Å². The maximum absolute atomic E-state index is 12.7. The molecule has 0 amide bonds. The fraction of sp³-hybridized carbons (Fsp3) is 0. The minimum Gasteiger partial charge on any atom is -0.268 e. The Morgan fingerprint density at radius 2 is 1.90 bits per heavy atom. The third-order valence-electron chi connectivity index (χ3n) is 3.21. The van der Waals surface area contributed by atoms with Crippen LogP contribution < -0.4 is 5.56 Å². The van der Waals surface area contributed by atoms with Crippen LogP contribution in [0, 0.1) is 0 Å². The van der Waals surface area contributed by atoms with Gasteiger partial charge in [-0.2, -0.15) is 0 Å². The van der Waals surface area contributed by atoms with Gasteiger partial charge in [0.25, 0.3) is 5.56 Å². The number of hydrogen-bond acceptors (Lipinski definition) is 4. The molecule has 0 saturated carbocycles. The summed E-state index contributed by atoms with van der Waals surface area (Å²) in [4.78, 5) is 20.0. The predicted molar refractivity (Wildman–Crippen MR) is 87.4 cm³/mol. The molecule has 0 unspecified atom stereocenters. The van der Waals surface area contributed by atoms with Crippen LogP contribution in [0.2, 0.25) is 0 Å². The highest BCUT2D eigenvalue weighted by atomic mass is 32.2. The van der Waals surface area contributed by atoms with E-state index in [1.54, 1.807) is 22.4 Å². The highest BCUT2D eigenvalue weighted by Crippen LogP contribution is 2.31. The molecule has 21 heavy (non-hydrogen) atoms. The average molecular weight is 310 g/mol.